The minimum atomic E-state index is -0.507. The summed E-state index contributed by atoms with van der Waals surface area (Å²) in [4.78, 5) is 35.4. The van der Waals surface area contributed by atoms with Gasteiger partial charge in [0.25, 0.3) is 0 Å². The summed E-state index contributed by atoms with van der Waals surface area (Å²) in [6.07, 6.45) is 8.11. The lowest BCUT2D eigenvalue weighted by atomic mass is 10.0. The van der Waals surface area contributed by atoms with Crippen molar-refractivity contribution in [2.24, 2.45) is 12.8 Å². The second-order valence-electron chi connectivity index (χ2n) is 6.76. The van der Waals surface area contributed by atoms with Gasteiger partial charge in [-0.2, -0.15) is 0 Å². The molecule has 4 rings (SSSR count). The van der Waals surface area contributed by atoms with Crippen molar-refractivity contribution in [1.29, 1.82) is 0 Å². The van der Waals surface area contributed by atoms with Crippen LogP contribution in [0.15, 0.2) is 55.0 Å². The number of hydrogen-bond donors (Lipinski definition) is 2. The summed E-state index contributed by atoms with van der Waals surface area (Å²) < 4.78 is 1.78. The zero-order valence-corrected chi connectivity index (χ0v) is 16.0. The molecule has 0 saturated carbocycles. The summed E-state index contributed by atoms with van der Waals surface area (Å²) in [5, 5.41) is 0.880. The summed E-state index contributed by atoms with van der Waals surface area (Å²) in [6.45, 7) is 1.86. The number of carbonyl (C=O) groups is 2. The van der Waals surface area contributed by atoms with Crippen LogP contribution in [0.3, 0.4) is 0 Å². The van der Waals surface area contributed by atoms with Crippen LogP contribution in [0.5, 0.6) is 0 Å². The Balaban J connectivity index is 1.66. The van der Waals surface area contributed by atoms with Crippen molar-refractivity contribution in [2.75, 3.05) is 0 Å². The number of fused-ring (bicyclic) bond motifs is 1. The number of aryl methyl sites for hydroxylation is 1. The zero-order valence-electron chi connectivity index (χ0n) is 16.0. The Morgan fingerprint density at radius 1 is 1.10 bits per heavy atom. The highest BCUT2D eigenvalue weighted by Crippen LogP contribution is 2.26. The Morgan fingerprint density at radius 3 is 2.52 bits per heavy atom. The Kier molecular flexibility index (Phi) is 4.56. The van der Waals surface area contributed by atoms with E-state index in [1.165, 1.54) is 6.08 Å². The van der Waals surface area contributed by atoms with E-state index < -0.39 is 5.91 Å². The Morgan fingerprint density at radius 2 is 1.86 bits per heavy atom. The van der Waals surface area contributed by atoms with E-state index >= 15 is 0 Å². The zero-order chi connectivity index (χ0) is 20.5. The standard InChI is InChI=1S/C22H19N5O2/c1-13-24-12-19(27(13)2)21(29)15-5-3-14(4-6-15)17-9-18-16(7-8-20(23)28)10-25-22(18)26-11-17/h3-12H,1-2H3,(H2,23,28)(H,25,26)/b8-7+. The highest BCUT2D eigenvalue weighted by atomic mass is 16.1. The maximum atomic E-state index is 12.7. The van der Waals surface area contributed by atoms with Crippen molar-refractivity contribution in [3.05, 3.63) is 77.6 Å². The van der Waals surface area contributed by atoms with Crippen LogP contribution in [-0.4, -0.2) is 31.2 Å². The van der Waals surface area contributed by atoms with E-state index in [1.54, 1.807) is 41.4 Å². The SMILES string of the molecule is Cc1ncc(C(=O)c2ccc(-c3cnc4[nH]cc(/C=C/C(N)=O)c4c3)cc2)n1C. The Bertz CT molecular complexity index is 1260. The number of amides is 1. The van der Waals surface area contributed by atoms with Crippen LogP contribution in [0.2, 0.25) is 0 Å². The molecule has 0 fully saturated rings. The number of imidazole rings is 1. The van der Waals surface area contributed by atoms with Crippen LogP contribution in [0, 0.1) is 6.92 Å². The van der Waals surface area contributed by atoms with Gasteiger partial charge >= 0.3 is 0 Å². The highest BCUT2D eigenvalue weighted by molar-refractivity contribution is 6.08. The predicted molar refractivity (Wildman–Crippen MR) is 111 cm³/mol. The first-order chi connectivity index (χ1) is 13.9. The third-order valence-electron chi connectivity index (χ3n) is 4.92. The molecule has 0 aliphatic heterocycles. The molecular weight excluding hydrogens is 366 g/mol. The number of H-pyrrole nitrogens is 1. The van der Waals surface area contributed by atoms with Gasteiger partial charge in [-0.25, -0.2) is 9.97 Å². The van der Waals surface area contributed by atoms with Crippen molar-refractivity contribution in [3.63, 3.8) is 0 Å². The molecular formula is C22H19N5O2. The molecule has 1 amide bonds. The van der Waals surface area contributed by atoms with Gasteiger partial charge in [0.05, 0.1) is 6.20 Å². The van der Waals surface area contributed by atoms with Crippen molar-refractivity contribution in [2.45, 2.75) is 6.92 Å². The van der Waals surface area contributed by atoms with Gasteiger partial charge in [0.15, 0.2) is 0 Å². The number of hydrogen-bond acceptors (Lipinski definition) is 4. The minimum Gasteiger partial charge on any atom is -0.366 e. The maximum Gasteiger partial charge on any atom is 0.241 e. The lowest BCUT2D eigenvalue weighted by Crippen LogP contribution is -2.08. The minimum absolute atomic E-state index is 0.0715. The quantitative estimate of drug-likeness (QED) is 0.407. The van der Waals surface area contributed by atoms with Crippen molar-refractivity contribution in [3.8, 4) is 11.1 Å². The van der Waals surface area contributed by atoms with Gasteiger partial charge in [0.1, 0.15) is 17.2 Å². The molecule has 3 N–H and O–H groups in total. The largest absolute Gasteiger partial charge is 0.366 e. The summed E-state index contributed by atoms with van der Waals surface area (Å²) >= 11 is 0. The summed E-state index contributed by atoms with van der Waals surface area (Å²) in [6, 6.07) is 9.38. The molecule has 144 valence electrons. The number of carbonyl (C=O) groups excluding carboxylic acids is 2. The van der Waals surface area contributed by atoms with Crippen molar-refractivity contribution < 1.29 is 9.59 Å². The van der Waals surface area contributed by atoms with Gasteiger partial charge in [0.2, 0.25) is 11.7 Å². The first-order valence-corrected chi connectivity index (χ1v) is 9.02. The van der Waals surface area contributed by atoms with Crippen LogP contribution in [0.4, 0.5) is 0 Å². The number of primary amides is 1. The molecule has 0 bridgehead atoms. The lowest BCUT2D eigenvalue weighted by molar-refractivity contribution is -0.113. The first-order valence-electron chi connectivity index (χ1n) is 9.02. The molecule has 7 heteroatoms. The van der Waals surface area contributed by atoms with E-state index in [0.29, 0.717) is 11.3 Å². The lowest BCUT2D eigenvalue weighted by Gasteiger charge is -2.06. The molecule has 0 atom stereocenters. The van der Waals surface area contributed by atoms with E-state index in [1.807, 2.05) is 32.2 Å². The van der Waals surface area contributed by atoms with Crippen LogP contribution >= 0.6 is 0 Å². The normalized spacial score (nSPS) is 11.4. The Labute approximate surface area is 166 Å². The fraction of sp³-hybridized carbons (Fsp3) is 0.0909. The summed E-state index contributed by atoms with van der Waals surface area (Å²) in [7, 11) is 1.83. The number of benzene rings is 1. The Hall–Kier alpha value is -4.00. The average molecular weight is 385 g/mol. The third kappa shape index (κ3) is 3.45. The van der Waals surface area contributed by atoms with Crippen LogP contribution in [0.1, 0.15) is 27.4 Å². The van der Waals surface area contributed by atoms with Crippen LogP contribution in [-0.2, 0) is 11.8 Å². The highest BCUT2D eigenvalue weighted by Gasteiger charge is 2.14. The predicted octanol–water partition coefficient (Wildman–Crippen LogP) is 3.00. The molecule has 1 aromatic carbocycles. The van der Waals surface area contributed by atoms with Crippen LogP contribution in [0.25, 0.3) is 28.2 Å². The van der Waals surface area contributed by atoms with Gasteiger partial charge in [-0.3, -0.25) is 9.59 Å². The topological polar surface area (TPSA) is 107 Å². The number of nitrogens with zero attached hydrogens (tertiary/aromatic N) is 3. The van der Waals surface area contributed by atoms with E-state index in [-0.39, 0.29) is 5.78 Å². The van der Waals surface area contributed by atoms with E-state index in [2.05, 4.69) is 15.0 Å². The molecule has 7 nitrogen and oxygen atoms in total. The van der Waals surface area contributed by atoms with Gasteiger partial charge in [-0.1, -0.05) is 24.3 Å². The molecule has 4 aromatic rings. The van der Waals surface area contributed by atoms with Gasteiger partial charge in [-0.15, -0.1) is 0 Å². The molecule has 0 spiro atoms. The van der Waals surface area contributed by atoms with E-state index in [9.17, 15) is 9.59 Å². The van der Waals surface area contributed by atoms with Crippen LogP contribution < -0.4 is 5.73 Å². The molecule has 0 saturated heterocycles. The third-order valence-corrected chi connectivity index (χ3v) is 4.92. The molecule has 0 radical (unpaired) electrons. The number of nitrogens with one attached hydrogen (secondary N) is 1. The summed E-state index contributed by atoms with van der Waals surface area (Å²) in [5.41, 5.74) is 9.71. The van der Waals surface area contributed by atoms with Gasteiger partial charge in [0, 0.05) is 47.6 Å². The monoisotopic (exact) mass is 385 g/mol. The molecule has 0 unspecified atom stereocenters. The molecule has 3 heterocycles. The average Bonchev–Trinajstić information content (AvgIpc) is 3.28. The fourth-order valence-electron chi connectivity index (χ4n) is 3.17. The second-order valence-corrected chi connectivity index (χ2v) is 6.76. The number of aromatic amines is 1. The number of ketones is 1. The number of rotatable bonds is 5. The van der Waals surface area contributed by atoms with Crippen molar-refractivity contribution in [1.82, 2.24) is 19.5 Å². The fourth-order valence-corrected chi connectivity index (χ4v) is 3.17. The molecule has 3 aromatic heterocycles. The van der Waals surface area contributed by atoms with E-state index in [4.69, 9.17) is 5.73 Å². The molecule has 0 aliphatic carbocycles. The smallest absolute Gasteiger partial charge is 0.241 e. The summed E-state index contributed by atoms with van der Waals surface area (Å²) in [5.74, 6) is 0.210. The molecule has 29 heavy (non-hydrogen) atoms. The second kappa shape index (κ2) is 7.20. The van der Waals surface area contributed by atoms with Gasteiger partial charge < -0.3 is 15.3 Å². The number of aromatic nitrogens is 4. The number of pyridine rings is 1. The number of nitrogens with two attached hydrogens (primary N) is 1. The maximum absolute atomic E-state index is 12.7. The molecule has 0 aliphatic rings. The van der Waals surface area contributed by atoms with Crippen molar-refractivity contribution >= 4 is 28.8 Å². The first kappa shape index (κ1) is 18.4. The van der Waals surface area contributed by atoms with Gasteiger partial charge in [-0.05, 0) is 24.6 Å². The van der Waals surface area contributed by atoms with E-state index in [0.717, 1.165) is 33.5 Å².